The van der Waals surface area contributed by atoms with Crippen molar-refractivity contribution in [2.24, 2.45) is 9.98 Å². The summed E-state index contributed by atoms with van der Waals surface area (Å²) < 4.78 is 37.7. The number of carbonyl (C=O) groups excluding carboxylic acids is 1. The van der Waals surface area contributed by atoms with Crippen LogP contribution in [0, 0.1) is 0 Å². The van der Waals surface area contributed by atoms with E-state index in [0.29, 0.717) is 19.0 Å². The molecule has 1 aromatic heterocycles. The number of benzene rings is 1. The molecule has 32 heavy (non-hydrogen) atoms. The van der Waals surface area contributed by atoms with Gasteiger partial charge in [0.05, 0.1) is 24.4 Å². The third-order valence-corrected chi connectivity index (χ3v) is 5.73. The number of nitrogens with one attached hydrogen (secondary N) is 3. The molecule has 2 aromatic rings. The first kappa shape index (κ1) is 22.9. The quantitative estimate of drug-likeness (QED) is 0.187. The van der Waals surface area contributed by atoms with Crippen LogP contribution in [0.5, 0.6) is 5.88 Å². The number of guanidine groups is 1. The Balaban J connectivity index is 1.70. The van der Waals surface area contributed by atoms with Gasteiger partial charge < -0.3 is 25.0 Å². The van der Waals surface area contributed by atoms with Crippen LogP contribution in [0.1, 0.15) is 5.76 Å². The molecule has 1 atom stereocenters. The lowest BCUT2D eigenvalue weighted by Gasteiger charge is -2.23. The number of aliphatic imine (C=N–C) groups is 2. The van der Waals surface area contributed by atoms with Crippen LogP contribution in [-0.4, -0.2) is 68.6 Å². The van der Waals surface area contributed by atoms with Gasteiger partial charge in [0, 0.05) is 12.6 Å². The fourth-order valence-corrected chi connectivity index (χ4v) is 4.05. The Labute approximate surface area is 182 Å². The van der Waals surface area contributed by atoms with Crippen molar-refractivity contribution < 1.29 is 32.4 Å². The predicted molar refractivity (Wildman–Crippen MR) is 109 cm³/mol. The molecule has 1 aliphatic heterocycles. The average Bonchev–Trinajstić information content (AvgIpc) is 3.44. The highest BCUT2D eigenvalue weighted by molar-refractivity contribution is 7.89. The summed E-state index contributed by atoms with van der Waals surface area (Å²) in [6.07, 6.45) is 0.454. The third-order valence-electron chi connectivity index (χ3n) is 4.23. The number of ether oxygens (including phenoxy) is 1. The highest BCUT2D eigenvalue weighted by Crippen LogP contribution is 2.22. The number of isocyanates is 1. The Hall–Kier alpha value is -3.74. The van der Waals surface area contributed by atoms with E-state index < -0.39 is 28.1 Å². The van der Waals surface area contributed by atoms with Crippen molar-refractivity contribution in [3.8, 4) is 5.88 Å². The zero-order valence-electron chi connectivity index (χ0n) is 16.6. The van der Waals surface area contributed by atoms with Crippen LogP contribution in [0.15, 0.2) is 55.8 Å². The van der Waals surface area contributed by atoms with Crippen LogP contribution in [0.2, 0.25) is 0 Å². The predicted octanol–water partition coefficient (Wildman–Crippen LogP) is -0.760. The second-order valence-corrected chi connectivity index (χ2v) is 8.21. The number of nitrogens with zero attached hydrogens (tertiary/aromatic N) is 3. The first-order chi connectivity index (χ1) is 15.3. The molecule has 0 amide bonds. The van der Waals surface area contributed by atoms with Gasteiger partial charge in [-0.2, -0.15) is 9.71 Å². The molecule has 3 rings (SSSR count). The van der Waals surface area contributed by atoms with Crippen molar-refractivity contribution in [2.45, 2.75) is 17.0 Å². The summed E-state index contributed by atoms with van der Waals surface area (Å²) in [6, 6.07) is 8.33. The van der Waals surface area contributed by atoms with Crippen LogP contribution in [0.3, 0.4) is 0 Å². The Morgan fingerprint density at radius 2 is 2.16 bits per heavy atom. The summed E-state index contributed by atoms with van der Waals surface area (Å²) in [4.78, 5) is 30.1. The van der Waals surface area contributed by atoms with Crippen LogP contribution < -0.4 is 20.1 Å². The maximum absolute atomic E-state index is 12.6. The molecule has 14 heteroatoms. The minimum atomic E-state index is -4.35. The van der Waals surface area contributed by atoms with E-state index in [1.807, 2.05) is 4.72 Å². The summed E-state index contributed by atoms with van der Waals surface area (Å²) in [5.41, 5.74) is -2.60. The summed E-state index contributed by atoms with van der Waals surface area (Å²) in [6.45, 7) is 2.07. The molecule has 2 heterocycles. The van der Waals surface area contributed by atoms with Gasteiger partial charge in [0.25, 0.3) is 5.88 Å². The van der Waals surface area contributed by atoms with Gasteiger partial charge >= 0.3 is 5.97 Å². The zero-order chi connectivity index (χ0) is 23.0. The second kappa shape index (κ2) is 10.0. The number of aliphatic carboxylic acids is 1. The van der Waals surface area contributed by atoms with Crippen LogP contribution in [0.25, 0.3) is 0 Å². The molecule has 0 radical (unpaired) electrons. The topological polar surface area (TPSA) is 185 Å². The zero-order valence-corrected chi connectivity index (χ0v) is 17.5. The van der Waals surface area contributed by atoms with Gasteiger partial charge in [-0.05, 0) is 17.3 Å². The van der Waals surface area contributed by atoms with Gasteiger partial charge in [0.1, 0.15) is 12.4 Å². The number of carboxylic acids is 1. The molecule has 1 unspecified atom stereocenters. The monoisotopic (exact) mass is 464 g/mol. The molecular weight excluding hydrogens is 444 g/mol. The van der Waals surface area contributed by atoms with E-state index in [0.717, 1.165) is 12.6 Å². The molecule has 0 spiro atoms. The molecule has 0 saturated carbocycles. The smallest absolute Gasteiger partial charge is 0.349 e. The Morgan fingerprint density at radius 1 is 1.38 bits per heavy atom. The highest BCUT2D eigenvalue weighted by Gasteiger charge is 2.44. The normalized spacial score (nSPS) is 15.1. The summed E-state index contributed by atoms with van der Waals surface area (Å²) in [5, 5.41) is 19.4. The van der Waals surface area contributed by atoms with Crippen molar-refractivity contribution in [2.75, 3.05) is 26.2 Å². The molecule has 1 aliphatic rings. The minimum absolute atomic E-state index is 0.0448. The van der Waals surface area contributed by atoms with E-state index in [-0.39, 0.29) is 23.1 Å². The molecule has 1 aromatic carbocycles. The van der Waals surface area contributed by atoms with E-state index in [1.54, 1.807) is 6.07 Å². The Bertz CT molecular complexity index is 1120. The minimum Gasteiger partial charge on any atom is -0.478 e. The van der Waals surface area contributed by atoms with Gasteiger partial charge in [-0.3, -0.25) is 4.99 Å². The lowest BCUT2D eigenvalue weighted by atomic mass is 10.1. The lowest BCUT2D eigenvalue weighted by molar-refractivity contribution is -0.143. The number of aromatic nitrogens is 1. The number of carbonyl (C=O) groups is 1. The summed E-state index contributed by atoms with van der Waals surface area (Å²) in [7, 11) is -4.35. The number of carboxylic acid groups (broad SMARTS) is 1. The van der Waals surface area contributed by atoms with Gasteiger partial charge in [-0.25, -0.2) is 18.0 Å². The Kier molecular flexibility index (Phi) is 7.20. The third kappa shape index (κ3) is 5.69. The van der Waals surface area contributed by atoms with Crippen molar-refractivity contribution in [3.63, 3.8) is 0 Å². The summed E-state index contributed by atoms with van der Waals surface area (Å²) in [5.74, 6) is -1.10. The van der Waals surface area contributed by atoms with Crippen molar-refractivity contribution in [1.29, 1.82) is 0 Å². The number of hydrogen-bond donors (Lipinski definition) is 4. The standard InChI is InChI=1S/C18H20N6O7S/c25-12-22-18(16(26)27,24-32(28,29)14-4-2-1-3-5-14)11-13-10-15(23-31-13)30-9-8-21-17-19-6-7-20-17/h1-5,10,24H,6-9,11H2,(H,26,27)(H2,19,20,21). The van der Waals surface area contributed by atoms with Gasteiger partial charge in [-0.1, -0.05) is 18.2 Å². The van der Waals surface area contributed by atoms with Crippen LogP contribution in [0.4, 0.5) is 0 Å². The molecule has 0 bridgehead atoms. The number of hydrogen-bond acceptors (Lipinski definition) is 11. The SMILES string of the molecule is O=C=NC(Cc1cc(OCCNC2=NCCN2)no1)(NS(=O)(=O)c1ccccc1)C(=O)O. The van der Waals surface area contributed by atoms with Gasteiger partial charge in [-0.15, -0.1) is 0 Å². The molecule has 0 fully saturated rings. The fourth-order valence-electron chi connectivity index (χ4n) is 2.76. The van der Waals surface area contributed by atoms with Crippen molar-refractivity contribution in [1.82, 2.24) is 20.5 Å². The van der Waals surface area contributed by atoms with E-state index in [1.165, 1.54) is 30.3 Å². The average molecular weight is 464 g/mol. The first-order valence-corrected chi connectivity index (χ1v) is 10.8. The van der Waals surface area contributed by atoms with E-state index in [4.69, 9.17) is 9.26 Å². The van der Waals surface area contributed by atoms with Gasteiger partial charge in [0.2, 0.25) is 21.8 Å². The second-order valence-electron chi connectivity index (χ2n) is 6.53. The first-order valence-electron chi connectivity index (χ1n) is 9.37. The van der Waals surface area contributed by atoms with Gasteiger partial charge in [0.15, 0.2) is 5.96 Å². The van der Waals surface area contributed by atoms with E-state index in [9.17, 15) is 23.1 Å². The molecule has 13 nitrogen and oxygen atoms in total. The molecule has 0 aliphatic carbocycles. The number of sulfonamides is 1. The molecular formula is C18H20N6O7S. The lowest BCUT2D eigenvalue weighted by Crippen LogP contribution is -2.54. The maximum atomic E-state index is 12.6. The van der Waals surface area contributed by atoms with E-state index >= 15 is 0 Å². The van der Waals surface area contributed by atoms with E-state index in [2.05, 4.69) is 25.8 Å². The largest absolute Gasteiger partial charge is 0.478 e. The summed E-state index contributed by atoms with van der Waals surface area (Å²) >= 11 is 0. The fraction of sp³-hybridized carbons (Fsp3) is 0.333. The Morgan fingerprint density at radius 3 is 2.81 bits per heavy atom. The number of rotatable bonds is 11. The molecule has 4 N–H and O–H groups in total. The van der Waals surface area contributed by atoms with Crippen molar-refractivity contribution in [3.05, 3.63) is 42.2 Å². The van der Waals surface area contributed by atoms with Crippen molar-refractivity contribution >= 4 is 28.0 Å². The molecule has 0 saturated heterocycles. The van der Waals surface area contributed by atoms with Crippen LogP contribution in [-0.2, 0) is 26.0 Å². The highest BCUT2D eigenvalue weighted by atomic mass is 32.2. The maximum Gasteiger partial charge on any atom is 0.349 e. The molecule has 170 valence electrons. The van der Waals surface area contributed by atoms with Crippen LogP contribution >= 0.6 is 0 Å².